The van der Waals surface area contributed by atoms with Gasteiger partial charge in [0.2, 0.25) is 17.7 Å². The second kappa shape index (κ2) is 6.29. The van der Waals surface area contributed by atoms with E-state index in [9.17, 15) is 14.4 Å². The summed E-state index contributed by atoms with van der Waals surface area (Å²) in [4.78, 5) is 45.1. The smallest absolute Gasteiger partial charge is 0.250 e. The minimum absolute atomic E-state index is 0.103. The van der Waals surface area contributed by atoms with Gasteiger partial charge < -0.3 is 5.32 Å². The molecule has 4 aliphatic heterocycles. The molecule has 0 unspecified atom stereocenters. The summed E-state index contributed by atoms with van der Waals surface area (Å²) in [5.74, 6) is -1.85. The Hall–Kier alpha value is -3.51. The molecule has 7 rings (SSSR count). The lowest BCUT2D eigenvalue weighted by Crippen LogP contribution is -2.54. The van der Waals surface area contributed by atoms with Gasteiger partial charge in [-0.3, -0.25) is 19.3 Å². The van der Waals surface area contributed by atoms with Crippen molar-refractivity contribution in [1.29, 1.82) is 0 Å². The number of carbonyl (C=O) groups is 3. The van der Waals surface area contributed by atoms with Crippen LogP contribution < -0.4 is 10.2 Å². The zero-order valence-electron chi connectivity index (χ0n) is 18.2. The molecule has 0 aliphatic carbocycles. The third kappa shape index (κ3) is 2.19. The Morgan fingerprint density at radius 2 is 1.76 bits per heavy atom. The van der Waals surface area contributed by atoms with Gasteiger partial charge >= 0.3 is 0 Å². The average Bonchev–Trinajstić information content (AvgIpc) is 3.52. The van der Waals surface area contributed by atoms with Crippen molar-refractivity contribution in [2.24, 2.45) is 11.8 Å². The molecule has 3 amide bonds. The van der Waals surface area contributed by atoms with E-state index in [-0.39, 0.29) is 23.8 Å². The molecule has 0 radical (unpaired) electrons. The molecule has 4 aliphatic rings. The van der Waals surface area contributed by atoms with Crippen LogP contribution in [0.15, 0.2) is 60.7 Å². The van der Waals surface area contributed by atoms with Crippen LogP contribution in [0.1, 0.15) is 24.0 Å². The molecule has 4 atom stereocenters. The van der Waals surface area contributed by atoms with Crippen molar-refractivity contribution in [3.63, 3.8) is 0 Å². The van der Waals surface area contributed by atoms with E-state index in [4.69, 9.17) is 0 Å². The van der Waals surface area contributed by atoms with Gasteiger partial charge in [-0.25, -0.2) is 4.90 Å². The Morgan fingerprint density at radius 3 is 2.61 bits per heavy atom. The van der Waals surface area contributed by atoms with E-state index in [1.165, 1.54) is 4.90 Å². The first-order valence-corrected chi connectivity index (χ1v) is 11.6. The van der Waals surface area contributed by atoms with Crippen LogP contribution in [0.5, 0.6) is 0 Å². The molecular weight excluding hydrogens is 414 g/mol. The molecule has 164 valence electrons. The van der Waals surface area contributed by atoms with Crippen LogP contribution >= 0.6 is 0 Å². The van der Waals surface area contributed by atoms with Crippen molar-refractivity contribution in [1.82, 2.24) is 4.90 Å². The Bertz CT molecular complexity index is 1400. The van der Waals surface area contributed by atoms with E-state index in [0.29, 0.717) is 5.69 Å². The minimum Gasteiger partial charge on any atom is -0.324 e. The second-order valence-electron chi connectivity index (χ2n) is 9.72. The number of nitrogens with one attached hydrogen (secondary N) is 1. The highest BCUT2D eigenvalue weighted by Crippen LogP contribution is 2.60. The highest BCUT2D eigenvalue weighted by Gasteiger charge is 2.74. The number of amides is 3. The largest absolute Gasteiger partial charge is 0.324 e. The number of hydrogen-bond acceptors (Lipinski definition) is 4. The SMILES string of the molecule is Cc1ccc2c(c1)[C@]1(C(=O)N2)[C@@H]2C(=O)N(c3ccc4ccccc4c3)C(=O)[C@@H]2[C@H]2CCCN21. The fraction of sp³-hybridized carbons (Fsp3) is 0.296. The van der Waals surface area contributed by atoms with Crippen LogP contribution in [-0.4, -0.2) is 35.2 Å². The molecule has 6 nitrogen and oxygen atoms in total. The highest BCUT2D eigenvalue weighted by atomic mass is 16.2. The summed E-state index contributed by atoms with van der Waals surface area (Å²) >= 11 is 0. The summed E-state index contributed by atoms with van der Waals surface area (Å²) in [6, 6.07) is 19.4. The highest BCUT2D eigenvalue weighted by molar-refractivity contribution is 6.26. The van der Waals surface area contributed by atoms with Crippen LogP contribution in [0.2, 0.25) is 0 Å². The van der Waals surface area contributed by atoms with Crippen molar-refractivity contribution in [3.8, 4) is 0 Å². The van der Waals surface area contributed by atoms with E-state index >= 15 is 0 Å². The predicted molar refractivity (Wildman–Crippen MR) is 125 cm³/mol. The van der Waals surface area contributed by atoms with Crippen molar-refractivity contribution in [2.75, 3.05) is 16.8 Å². The first-order valence-electron chi connectivity index (χ1n) is 11.6. The van der Waals surface area contributed by atoms with Crippen molar-refractivity contribution in [2.45, 2.75) is 31.3 Å². The topological polar surface area (TPSA) is 69.7 Å². The van der Waals surface area contributed by atoms with Gasteiger partial charge in [0.25, 0.3) is 0 Å². The zero-order chi connectivity index (χ0) is 22.5. The van der Waals surface area contributed by atoms with E-state index in [0.717, 1.165) is 47.0 Å². The lowest BCUT2D eigenvalue weighted by atomic mass is 9.75. The zero-order valence-corrected chi connectivity index (χ0v) is 18.2. The van der Waals surface area contributed by atoms with Gasteiger partial charge in [-0.05, 0) is 55.3 Å². The standard InChI is InChI=1S/C27H23N3O3/c1-15-8-11-20-19(13-15)27(26(33)28-20)23-22(21-7-4-12-29(21)27)24(31)30(25(23)32)18-10-9-16-5-2-3-6-17(16)14-18/h2-3,5-6,8-11,13-14,21-23H,4,7,12H2,1H3,(H,28,33)/t21-,22-,23+,27-/m1/s1. The molecule has 33 heavy (non-hydrogen) atoms. The summed E-state index contributed by atoms with van der Waals surface area (Å²) in [5.41, 5.74) is 2.09. The number of hydrogen-bond donors (Lipinski definition) is 1. The van der Waals surface area contributed by atoms with Gasteiger partial charge in [-0.1, -0.05) is 48.0 Å². The van der Waals surface area contributed by atoms with Crippen LogP contribution in [0, 0.1) is 18.8 Å². The summed E-state index contributed by atoms with van der Waals surface area (Å²) in [6.07, 6.45) is 1.74. The summed E-state index contributed by atoms with van der Waals surface area (Å²) in [7, 11) is 0. The lowest BCUT2D eigenvalue weighted by molar-refractivity contribution is -0.135. The third-order valence-corrected chi connectivity index (χ3v) is 8.14. The molecule has 3 aromatic rings. The number of fused-ring (bicyclic) bond motifs is 8. The number of imide groups is 1. The summed E-state index contributed by atoms with van der Waals surface area (Å²) in [6.45, 7) is 2.71. The maximum Gasteiger partial charge on any atom is 0.250 e. The maximum atomic E-state index is 14.1. The van der Waals surface area contributed by atoms with Gasteiger partial charge in [0.1, 0.15) is 5.54 Å². The van der Waals surface area contributed by atoms with Gasteiger partial charge in [0.05, 0.1) is 17.5 Å². The van der Waals surface area contributed by atoms with Gasteiger partial charge in [-0.15, -0.1) is 0 Å². The molecule has 1 spiro atoms. The van der Waals surface area contributed by atoms with E-state index in [2.05, 4.69) is 10.2 Å². The van der Waals surface area contributed by atoms with Crippen LogP contribution in [0.25, 0.3) is 10.8 Å². The van der Waals surface area contributed by atoms with Gasteiger partial charge in [0.15, 0.2) is 0 Å². The number of anilines is 2. The molecule has 6 heteroatoms. The number of nitrogens with zero attached hydrogens (tertiary/aromatic N) is 2. The van der Waals surface area contributed by atoms with Crippen molar-refractivity contribution < 1.29 is 14.4 Å². The van der Waals surface area contributed by atoms with Crippen molar-refractivity contribution in [3.05, 3.63) is 71.8 Å². The number of benzene rings is 3. The van der Waals surface area contributed by atoms with Crippen LogP contribution in [0.3, 0.4) is 0 Å². The van der Waals surface area contributed by atoms with E-state index in [1.54, 1.807) is 0 Å². The fourth-order valence-electron chi connectivity index (χ4n) is 6.89. The quantitative estimate of drug-likeness (QED) is 0.591. The fourth-order valence-corrected chi connectivity index (χ4v) is 6.89. The monoisotopic (exact) mass is 437 g/mol. The first kappa shape index (κ1) is 19.0. The molecule has 4 heterocycles. The molecule has 1 N–H and O–H groups in total. The summed E-state index contributed by atoms with van der Waals surface area (Å²) in [5, 5.41) is 5.06. The number of rotatable bonds is 1. The van der Waals surface area contributed by atoms with Crippen molar-refractivity contribution >= 4 is 39.9 Å². The Labute approximate surface area is 191 Å². The molecule has 0 saturated carbocycles. The Kier molecular flexibility index (Phi) is 3.62. The molecule has 3 fully saturated rings. The lowest BCUT2D eigenvalue weighted by Gasteiger charge is -2.36. The molecule has 3 aromatic carbocycles. The maximum absolute atomic E-state index is 14.1. The summed E-state index contributed by atoms with van der Waals surface area (Å²) < 4.78 is 0. The van der Waals surface area contributed by atoms with Crippen LogP contribution in [0.4, 0.5) is 11.4 Å². The van der Waals surface area contributed by atoms with Gasteiger partial charge in [-0.2, -0.15) is 0 Å². The average molecular weight is 437 g/mol. The molecule has 3 saturated heterocycles. The Morgan fingerprint density at radius 1 is 0.939 bits per heavy atom. The Balaban J connectivity index is 1.42. The molecule has 0 aromatic heterocycles. The normalized spacial score (nSPS) is 30.3. The second-order valence-corrected chi connectivity index (χ2v) is 9.72. The van der Waals surface area contributed by atoms with Crippen LogP contribution in [-0.2, 0) is 19.9 Å². The number of aryl methyl sites for hydroxylation is 1. The molecule has 0 bridgehead atoms. The minimum atomic E-state index is -1.12. The first-order chi connectivity index (χ1) is 16.0. The van der Waals surface area contributed by atoms with E-state index in [1.807, 2.05) is 67.6 Å². The molecular formula is C27H23N3O3. The van der Waals surface area contributed by atoms with E-state index < -0.39 is 17.4 Å². The third-order valence-electron chi connectivity index (χ3n) is 8.14. The predicted octanol–water partition coefficient (Wildman–Crippen LogP) is 3.58. The van der Waals surface area contributed by atoms with Gasteiger partial charge in [0, 0.05) is 17.3 Å². The number of carbonyl (C=O) groups excluding carboxylic acids is 3.